The Balaban J connectivity index is 1.97. The summed E-state index contributed by atoms with van der Waals surface area (Å²) in [5, 5.41) is 12.4. The van der Waals surface area contributed by atoms with Gasteiger partial charge in [-0.3, -0.25) is 14.3 Å². The number of carbonyl (C=O) groups excluding carboxylic acids is 1. The van der Waals surface area contributed by atoms with Crippen molar-refractivity contribution in [3.8, 4) is 11.8 Å². The molecule has 8 nitrogen and oxygen atoms in total. The molecule has 0 radical (unpaired) electrons. The van der Waals surface area contributed by atoms with Gasteiger partial charge in [0, 0.05) is 18.2 Å². The Kier molecular flexibility index (Phi) is 7.96. The molecule has 4 rings (SSSR count). The maximum Gasteiger partial charge on any atom is 0.408 e. The van der Waals surface area contributed by atoms with Gasteiger partial charge in [-0.2, -0.15) is 5.26 Å². The van der Waals surface area contributed by atoms with Crippen LogP contribution in [0.15, 0.2) is 59.5 Å². The lowest BCUT2D eigenvalue weighted by atomic mass is 10.0. The molecule has 0 saturated carbocycles. The molecule has 2 aromatic heterocycles. The summed E-state index contributed by atoms with van der Waals surface area (Å²) in [5.41, 5.74) is 0.616. The molecule has 40 heavy (non-hydrogen) atoms. The van der Waals surface area contributed by atoms with Gasteiger partial charge in [0.15, 0.2) is 0 Å². The number of carbonyl (C=O) groups is 1. The SMILES string of the molecule is CC(C)c1ccc(-n2c(C(Cc3cc(F)cc(F)c3)NC(=O)OC(C)(C)C)nc3cc(C#N)ccc3c2=O)cn1. The van der Waals surface area contributed by atoms with E-state index in [1.165, 1.54) is 29.0 Å². The van der Waals surface area contributed by atoms with Gasteiger partial charge in [-0.1, -0.05) is 13.8 Å². The molecule has 0 aliphatic rings. The Hall–Kier alpha value is -4.65. The number of fused-ring (bicyclic) bond motifs is 1. The van der Waals surface area contributed by atoms with E-state index >= 15 is 0 Å². The number of aromatic nitrogens is 3. The van der Waals surface area contributed by atoms with E-state index in [4.69, 9.17) is 9.72 Å². The fourth-order valence-corrected chi connectivity index (χ4v) is 4.25. The lowest BCUT2D eigenvalue weighted by Gasteiger charge is -2.25. The molecule has 0 fully saturated rings. The molecule has 1 unspecified atom stereocenters. The van der Waals surface area contributed by atoms with Crippen LogP contribution in [0.4, 0.5) is 13.6 Å². The number of nitrogens with one attached hydrogen (secondary N) is 1. The van der Waals surface area contributed by atoms with Gasteiger partial charge >= 0.3 is 6.09 Å². The zero-order chi connectivity index (χ0) is 29.2. The second kappa shape index (κ2) is 11.2. The molecule has 0 aliphatic carbocycles. The van der Waals surface area contributed by atoms with Crippen LogP contribution in [0, 0.1) is 23.0 Å². The normalized spacial score (nSPS) is 12.3. The molecular formula is C30H29F2N5O3. The fraction of sp³-hybridized carbons (Fsp3) is 0.300. The minimum Gasteiger partial charge on any atom is -0.444 e. The highest BCUT2D eigenvalue weighted by molar-refractivity contribution is 5.79. The van der Waals surface area contributed by atoms with E-state index in [0.717, 1.165) is 23.9 Å². The molecule has 0 saturated heterocycles. The molecule has 1 amide bonds. The average molecular weight is 546 g/mol. The smallest absolute Gasteiger partial charge is 0.408 e. The second-order valence-corrected chi connectivity index (χ2v) is 10.7. The van der Waals surface area contributed by atoms with E-state index in [2.05, 4.69) is 10.3 Å². The van der Waals surface area contributed by atoms with Gasteiger partial charge in [0.2, 0.25) is 0 Å². The third-order valence-electron chi connectivity index (χ3n) is 6.01. The van der Waals surface area contributed by atoms with Crippen molar-refractivity contribution < 1.29 is 18.3 Å². The van der Waals surface area contributed by atoms with E-state index < -0.39 is 34.9 Å². The van der Waals surface area contributed by atoms with Gasteiger partial charge in [0.05, 0.1) is 40.5 Å². The molecule has 1 atom stereocenters. The molecule has 10 heteroatoms. The summed E-state index contributed by atoms with van der Waals surface area (Å²) in [6, 6.07) is 12.0. The first-order valence-electron chi connectivity index (χ1n) is 12.7. The molecule has 206 valence electrons. The summed E-state index contributed by atoms with van der Waals surface area (Å²) in [5.74, 6) is -1.36. The minimum absolute atomic E-state index is 0.0715. The van der Waals surface area contributed by atoms with Crippen molar-refractivity contribution in [1.82, 2.24) is 19.9 Å². The number of amides is 1. The number of ether oxygens (including phenoxy) is 1. The molecule has 4 aromatic rings. The quantitative estimate of drug-likeness (QED) is 0.325. The predicted molar refractivity (Wildman–Crippen MR) is 146 cm³/mol. The first kappa shape index (κ1) is 28.4. The first-order valence-corrected chi connectivity index (χ1v) is 12.7. The predicted octanol–water partition coefficient (Wildman–Crippen LogP) is 5.86. The Bertz CT molecular complexity index is 1650. The van der Waals surface area contributed by atoms with Crippen molar-refractivity contribution in [2.45, 2.75) is 58.6 Å². The van der Waals surface area contributed by atoms with Crippen molar-refractivity contribution >= 4 is 17.0 Å². The van der Waals surface area contributed by atoms with Crippen LogP contribution in [0.3, 0.4) is 0 Å². The van der Waals surface area contributed by atoms with Crippen molar-refractivity contribution in [2.75, 3.05) is 0 Å². The van der Waals surface area contributed by atoms with Crippen molar-refractivity contribution in [3.63, 3.8) is 0 Å². The summed E-state index contributed by atoms with van der Waals surface area (Å²) in [6.45, 7) is 9.06. The number of alkyl carbamates (subject to hydrolysis) is 1. The number of hydrogen-bond acceptors (Lipinski definition) is 6. The number of rotatable bonds is 6. The van der Waals surface area contributed by atoms with Crippen LogP contribution < -0.4 is 10.9 Å². The topological polar surface area (TPSA) is 110 Å². The number of hydrogen-bond donors (Lipinski definition) is 1. The van der Waals surface area contributed by atoms with Crippen LogP contribution in [-0.2, 0) is 11.2 Å². The number of benzene rings is 2. The molecule has 2 heterocycles. The largest absolute Gasteiger partial charge is 0.444 e. The zero-order valence-electron chi connectivity index (χ0n) is 22.8. The highest BCUT2D eigenvalue weighted by Gasteiger charge is 2.27. The summed E-state index contributed by atoms with van der Waals surface area (Å²) in [4.78, 5) is 36.0. The highest BCUT2D eigenvalue weighted by Crippen LogP contribution is 2.24. The van der Waals surface area contributed by atoms with Gasteiger partial charge in [0.1, 0.15) is 23.1 Å². The fourth-order valence-electron chi connectivity index (χ4n) is 4.25. The van der Waals surface area contributed by atoms with Crippen molar-refractivity contribution in [3.05, 3.63) is 99.4 Å². The van der Waals surface area contributed by atoms with Crippen LogP contribution in [0.2, 0.25) is 0 Å². The average Bonchev–Trinajstić information content (AvgIpc) is 2.86. The van der Waals surface area contributed by atoms with Gasteiger partial charge in [-0.25, -0.2) is 18.6 Å². The lowest BCUT2D eigenvalue weighted by Crippen LogP contribution is -2.39. The number of nitriles is 1. The second-order valence-electron chi connectivity index (χ2n) is 10.7. The van der Waals surface area contributed by atoms with Crippen LogP contribution in [0.1, 0.15) is 69.2 Å². The van der Waals surface area contributed by atoms with E-state index in [0.29, 0.717) is 5.69 Å². The van der Waals surface area contributed by atoms with Crippen LogP contribution in [-0.4, -0.2) is 26.2 Å². The summed E-state index contributed by atoms with van der Waals surface area (Å²) in [6.07, 6.45) is 0.597. The summed E-state index contributed by atoms with van der Waals surface area (Å²) >= 11 is 0. The number of pyridine rings is 1. The van der Waals surface area contributed by atoms with Crippen LogP contribution >= 0.6 is 0 Å². The Morgan fingerprint density at radius 1 is 1.10 bits per heavy atom. The maximum absolute atomic E-state index is 14.1. The van der Waals surface area contributed by atoms with Gasteiger partial charge in [-0.05, 0) is 74.7 Å². The molecule has 0 bridgehead atoms. The molecule has 0 aliphatic heterocycles. The third-order valence-corrected chi connectivity index (χ3v) is 6.01. The maximum atomic E-state index is 14.1. The lowest BCUT2D eigenvalue weighted by molar-refractivity contribution is 0.0500. The van der Waals surface area contributed by atoms with Crippen LogP contribution in [0.25, 0.3) is 16.6 Å². The number of halogens is 2. The van der Waals surface area contributed by atoms with Crippen molar-refractivity contribution in [2.24, 2.45) is 0 Å². The van der Waals surface area contributed by atoms with Gasteiger partial charge < -0.3 is 10.1 Å². The van der Waals surface area contributed by atoms with E-state index in [-0.39, 0.29) is 40.2 Å². The standard InChI is InChI=1S/C30H29F2N5O3/c1-17(2)24-9-7-22(16-34-24)37-27(35-25-12-18(15-33)6-8-23(25)28(37)38)26(36-29(39)40-30(3,4)5)13-19-10-20(31)14-21(32)11-19/h6-12,14,16-17,26H,13H2,1-5H3,(H,36,39). The molecule has 2 aromatic carbocycles. The summed E-state index contributed by atoms with van der Waals surface area (Å²) < 4.78 is 35.0. The molecular weight excluding hydrogens is 516 g/mol. The Morgan fingerprint density at radius 3 is 2.38 bits per heavy atom. The minimum atomic E-state index is -1.07. The monoisotopic (exact) mass is 545 g/mol. The van der Waals surface area contributed by atoms with E-state index in [9.17, 15) is 23.6 Å². The Labute approximate surface area is 230 Å². The molecule has 0 spiro atoms. The third kappa shape index (κ3) is 6.49. The highest BCUT2D eigenvalue weighted by atomic mass is 19.1. The zero-order valence-corrected chi connectivity index (χ0v) is 22.8. The van der Waals surface area contributed by atoms with E-state index in [1.807, 2.05) is 19.9 Å². The van der Waals surface area contributed by atoms with Gasteiger partial charge in [0.25, 0.3) is 5.56 Å². The first-order chi connectivity index (χ1) is 18.8. The van der Waals surface area contributed by atoms with Gasteiger partial charge in [-0.15, -0.1) is 0 Å². The van der Waals surface area contributed by atoms with Crippen LogP contribution in [0.5, 0.6) is 0 Å². The molecule has 1 N–H and O–H groups in total. The van der Waals surface area contributed by atoms with E-state index in [1.54, 1.807) is 32.9 Å². The number of nitrogens with zero attached hydrogens (tertiary/aromatic N) is 4. The van der Waals surface area contributed by atoms with Crippen molar-refractivity contribution in [1.29, 1.82) is 5.26 Å². The summed E-state index contributed by atoms with van der Waals surface area (Å²) in [7, 11) is 0. The Morgan fingerprint density at radius 2 is 1.80 bits per heavy atom.